The first-order chi connectivity index (χ1) is 7.00. The lowest BCUT2D eigenvalue weighted by Gasteiger charge is -2.08. The third-order valence-electron chi connectivity index (χ3n) is 2.29. The van der Waals surface area contributed by atoms with Crippen molar-refractivity contribution in [1.29, 1.82) is 0 Å². The molecule has 0 N–H and O–H groups in total. The van der Waals surface area contributed by atoms with Gasteiger partial charge in [0.25, 0.3) is 0 Å². The van der Waals surface area contributed by atoms with Crippen LogP contribution >= 0.6 is 50.1 Å². The van der Waals surface area contributed by atoms with Crippen LogP contribution in [0.4, 0.5) is 0 Å². The molecule has 1 aromatic carbocycles. The van der Waals surface area contributed by atoms with E-state index in [1.807, 2.05) is 26.0 Å². The fourth-order valence-electron chi connectivity index (χ4n) is 1.55. The van der Waals surface area contributed by atoms with Crippen LogP contribution in [-0.2, 0) is 0 Å². The van der Waals surface area contributed by atoms with E-state index in [1.54, 1.807) is 0 Å². The molecule has 15 heavy (non-hydrogen) atoms. The summed E-state index contributed by atoms with van der Waals surface area (Å²) in [5.74, 6) is 0. The maximum Gasteiger partial charge on any atom is 0.0747 e. The molecular formula is C11H8BrClIN. The molecule has 1 heterocycles. The van der Waals surface area contributed by atoms with E-state index in [-0.39, 0.29) is 0 Å². The van der Waals surface area contributed by atoms with Gasteiger partial charge >= 0.3 is 0 Å². The number of hydrogen-bond donors (Lipinski definition) is 0. The van der Waals surface area contributed by atoms with Crippen molar-refractivity contribution < 1.29 is 0 Å². The SMILES string of the molecule is Cc1nc2c(C)cc(Cl)cc2c(Br)c1I. The number of rotatable bonds is 0. The maximum absolute atomic E-state index is 6.04. The highest BCUT2D eigenvalue weighted by Gasteiger charge is 2.10. The predicted octanol–water partition coefficient (Wildman–Crippen LogP) is 4.87. The van der Waals surface area contributed by atoms with Crippen LogP contribution < -0.4 is 0 Å². The Morgan fingerprint density at radius 3 is 2.67 bits per heavy atom. The Balaban J connectivity index is 2.98. The molecule has 0 unspecified atom stereocenters. The number of aromatic nitrogens is 1. The summed E-state index contributed by atoms with van der Waals surface area (Å²) >= 11 is 11.9. The summed E-state index contributed by atoms with van der Waals surface area (Å²) < 4.78 is 2.22. The molecule has 0 spiro atoms. The number of halogens is 3. The molecule has 2 aromatic rings. The summed E-state index contributed by atoms with van der Waals surface area (Å²) in [5.41, 5.74) is 3.17. The van der Waals surface area contributed by atoms with E-state index in [9.17, 15) is 0 Å². The first-order valence-electron chi connectivity index (χ1n) is 4.42. The fraction of sp³-hybridized carbons (Fsp3) is 0.182. The molecule has 0 saturated heterocycles. The zero-order chi connectivity index (χ0) is 11.2. The zero-order valence-electron chi connectivity index (χ0n) is 8.24. The smallest absolute Gasteiger partial charge is 0.0747 e. The van der Waals surface area contributed by atoms with Gasteiger partial charge in [-0.3, -0.25) is 4.98 Å². The van der Waals surface area contributed by atoms with E-state index >= 15 is 0 Å². The molecule has 4 heteroatoms. The van der Waals surface area contributed by atoms with Crippen LogP contribution in [0.25, 0.3) is 10.9 Å². The average molecular weight is 396 g/mol. The summed E-state index contributed by atoms with van der Waals surface area (Å²) in [6.07, 6.45) is 0. The number of benzene rings is 1. The molecule has 0 aliphatic rings. The molecule has 0 radical (unpaired) electrons. The third-order valence-corrected chi connectivity index (χ3v) is 5.39. The monoisotopic (exact) mass is 395 g/mol. The van der Waals surface area contributed by atoms with Gasteiger partial charge in [0.2, 0.25) is 0 Å². The van der Waals surface area contributed by atoms with E-state index in [1.165, 1.54) is 0 Å². The number of aryl methyl sites for hydroxylation is 2. The van der Waals surface area contributed by atoms with Crippen LogP contribution in [-0.4, -0.2) is 4.98 Å². The highest BCUT2D eigenvalue weighted by atomic mass is 127. The first-order valence-corrected chi connectivity index (χ1v) is 6.67. The lowest BCUT2D eigenvalue weighted by molar-refractivity contribution is 1.21. The second-order valence-corrected chi connectivity index (χ2v) is 5.75. The number of pyridine rings is 1. The van der Waals surface area contributed by atoms with Gasteiger partial charge in [-0.25, -0.2) is 0 Å². The van der Waals surface area contributed by atoms with Crippen molar-refractivity contribution in [3.8, 4) is 0 Å². The van der Waals surface area contributed by atoms with Crippen LogP contribution in [0.15, 0.2) is 16.6 Å². The molecule has 0 aliphatic carbocycles. The lowest BCUT2D eigenvalue weighted by atomic mass is 10.1. The van der Waals surface area contributed by atoms with Crippen molar-refractivity contribution in [2.24, 2.45) is 0 Å². The molecule has 0 bridgehead atoms. The second-order valence-electron chi connectivity index (χ2n) is 3.44. The van der Waals surface area contributed by atoms with Crippen molar-refractivity contribution in [3.63, 3.8) is 0 Å². The Morgan fingerprint density at radius 1 is 1.33 bits per heavy atom. The highest BCUT2D eigenvalue weighted by Crippen LogP contribution is 2.32. The summed E-state index contributed by atoms with van der Waals surface area (Å²) in [7, 11) is 0. The Kier molecular flexibility index (Phi) is 3.24. The van der Waals surface area contributed by atoms with Crippen molar-refractivity contribution in [3.05, 3.63) is 36.5 Å². The molecular weight excluding hydrogens is 388 g/mol. The van der Waals surface area contributed by atoms with Crippen molar-refractivity contribution in [1.82, 2.24) is 4.98 Å². The van der Waals surface area contributed by atoms with E-state index in [0.717, 1.165) is 35.2 Å². The molecule has 2 rings (SSSR count). The van der Waals surface area contributed by atoms with Gasteiger partial charge in [-0.05, 0) is 70.1 Å². The topological polar surface area (TPSA) is 12.9 Å². The Bertz CT molecular complexity index is 554. The van der Waals surface area contributed by atoms with Gasteiger partial charge in [0, 0.05) is 18.5 Å². The van der Waals surface area contributed by atoms with E-state index in [4.69, 9.17) is 11.6 Å². The molecule has 0 fully saturated rings. The Labute approximate surface area is 115 Å². The minimum atomic E-state index is 0.752. The molecule has 1 nitrogen and oxygen atoms in total. The molecule has 0 saturated carbocycles. The van der Waals surface area contributed by atoms with Crippen LogP contribution in [0.1, 0.15) is 11.3 Å². The summed E-state index contributed by atoms with van der Waals surface area (Å²) in [5, 5.41) is 1.83. The molecule has 0 aliphatic heterocycles. The second kappa shape index (κ2) is 4.18. The van der Waals surface area contributed by atoms with Gasteiger partial charge < -0.3 is 0 Å². The highest BCUT2D eigenvalue weighted by molar-refractivity contribution is 14.1. The lowest BCUT2D eigenvalue weighted by Crippen LogP contribution is -1.93. The maximum atomic E-state index is 6.04. The van der Waals surface area contributed by atoms with Crippen molar-refractivity contribution >= 4 is 61.0 Å². The van der Waals surface area contributed by atoms with E-state index < -0.39 is 0 Å². The van der Waals surface area contributed by atoms with Crippen molar-refractivity contribution in [2.75, 3.05) is 0 Å². The van der Waals surface area contributed by atoms with Crippen LogP contribution in [0.5, 0.6) is 0 Å². The quantitative estimate of drug-likeness (QED) is 0.579. The summed E-state index contributed by atoms with van der Waals surface area (Å²) in [6.45, 7) is 4.04. The van der Waals surface area contributed by atoms with Gasteiger partial charge in [-0.2, -0.15) is 0 Å². The van der Waals surface area contributed by atoms with Gasteiger partial charge in [0.1, 0.15) is 0 Å². The normalized spacial score (nSPS) is 11.0. The van der Waals surface area contributed by atoms with E-state index in [0.29, 0.717) is 0 Å². The minimum Gasteiger partial charge on any atom is -0.252 e. The van der Waals surface area contributed by atoms with Gasteiger partial charge in [0.15, 0.2) is 0 Å². The Morgan fingerprint density at radius 2 is 2.00 bits per heavy atom. The predicted molar refractivity (Wildman–Crippen MR) is 76.6 cm³/mol. The minimum absolute atomic E-state index is 0.752. The number of fused-ring (bicyclic) bond motifs is 1. The first kappa shape index (κ1) is 11.6. The van der Waals surface area contributed by atoms with Crippen LogP contribution in [0.3, 0.4) is 0 Å². The van der Waals surface area contributed by atoms with Crippen LogP contribution in [0, 0.1) is 17.4 Å². The summed E-state index contributed by atoms with van der Waals surface area (Å²) in [4.78, 5) is 4.58. The third kappa shape index (κ3) is 2.01. The molecule has 1 aromatic heterocycles. The van der Waals surface area contributed by atoms with Crippen molar-refractivity contribution in [2.45, 2.75) is 13.8 Å². The molecule has 0 amide bonds. The largest absolute Gasteiger partial charge is 0.252 e. The van der Waals surface area contributed by atoms with Gasteiger partial charge in [-0.1, -0.05) is 11.6 Å². The standard InChI is InChI=1S/C11H8BrClIN/c1-5-3-7(13)4-8-9(12)10(14)6(2)15-11(5)8/h3-4H,1-2H3. The molecule has 0 atom stereocenters. The fourth-order valence-corrected chi connectivity index (χ4v) is 2.82. The zero-order valence-corrected chi connectivity index (χ0v) is 12.7. The number of nitrogens with zero attached hydrogens (tertiary/aromatic N) is 1. The van der Waals surface area contributed by atoms with Gasteiger partial charge in [-0.15, -0.1) is 0 Å². The van der Waals surface area contributed by atoms with E-state index in [2.05, 4.69) is 43.5 Å². The number of hydrogen-bond acceptors (Lipinski definition) is 1. The van der Waals surface area contributed by atoms with Crippen LogP contribution in [0.2, 0.25) is 5.02 Å². The summed E-state index contributed by atoms with van der Waals surface area (Å²) in [6, 6.07) is 3.89. The Hall–Kier alpha value is 0.130. The average Bonchev–Trinajstić information content (AvgIpc) is 2.17. The molecule has 78 valence electrons. The van der Waals surface area contributed by atoms with Gasteiger partial charge in [0.05, 0.1) is 11.2 Å².